The van der Waals surface area contributed by atoms with Gasteiger partial charge in [-0.25, -0.2) is 4.99 Å². The van der Waals surface area contributed by atoms with Crippen LogP contribution in [0.4, 0.5) is 0 Å². The van der Waals surface area contributed by atoms with Gasteiger partial charge in [-0.2, -0.15) is 0 Å². The normalized spacial score (nSPS) is 19.8. The van der Waals surface area contributed by atoms with Gasteiger partial charge in [0.05, 0.1) is 26.3 Å². The standard InChI is InChI=1S/C24H38N4O3/c1-18-9-10-20(22(13-18)31-21-11-12-30-17-21)15-26-24(27-16-23(29)28(2)3)25-14-19-7-5-4-6-8-19/h9-10,13,19,21H,4-8,11-12,14-17H2,1-3H3,(H2,25,26,27). The van der Waals surface area contributed by atoms with E-state index in [1.165, 1.54) is 32.1 Å². The molecule has 1 aliphatic carbocycles. The predicted octanol–water partition coefficient (Wildman–Crippen LogP) is 2.87. The molecule has 7 heteroatoms. The molecule has 1 atom stereocenters. The van der Waals surface area contributed by atoms with Crippen LogP contribution < -0.4 is 15.4 Å². The van der Waals surface area contributed by atoms with Gasteiger partial charge < -0.3 is 25.0 Å². The lowest BCUT2D eigenvalue weighted by Gasteiger charge is -2.23. The Bertz CT molecular complexity index is 738. The predicted molar refractivity (Wildman–Crippen MR) is 123 cm³/mol. The Morgan fingerprint density at radius 3 is 2.71 bits per heavy atom. The second kappa shape index (κ2) is 11.9. The number of aliphatic imine (C=N–C) groups is 1. The summed E-state index contributed by atoms with van der Waals surface area (Å²) < 4.78 is 11.7. The van der Waals surface area contributed by atoms with Gasteiger partial charge in [-0.1, -0.05) is 31.4 Å². The van der Waals surface area contributed by atoms with Crippen LogP contribution in [-0.4, -0.2) is 63.3 Å². The topological polar surface area (TPSA) is 75.2 Å². The molecule has 172 valence electrons. The number of hydrogen-bond donors (Lipinski definition) is 2. The van der Waals surface area contributed by atoms with Crippen molar-refractivity contribution in [2.45, 2.75) is 58.1 Å². The number of likely N-dealkylation sites (N-methyl/N-ethyl adjacent to an activating group) is 1. The fraction of sp³-hybridized carbons (Fsp3) is 0.667. The highest BCUT2D eigenvalue weighted by Gasteiger charge is 2.19. The number of ether oxygens (including phenoxy) is 2. The second-order valence-corrected chi connectivity index (χ2v) is 8.91. The van der Waals surface area contributed by atoms with Crippen molar-refractivity contribution >= 4 is 11.9 Å². The third-order valence-corrected chi connectivity index (χ3v) is 6.00. The Labute approximate surface area is 186 Å². The zero-order chi connectivity index (χ0) is 22.1. The summed E-state index contributed by atoms with van der Waals surface area (Å²) in [5.41, 5.74) is 2.20. The van der Waals surface area contributed by atoms with Crippen LogP contribution in [0.25, 0.3) is 0 Å². The third-order valence-electron chi connectivity index (χ3n) is 6.00. The first-order chi connectivity index (χ1) is 15.0. The van der Waals surface area contributed by atoms with E-state index in [1.54, 1.807) is 19.0 Å². The molecule has 7 nitrogen and oxygen atoms in total. The van der Waals surface area contributed by atoms with Gasteiger partial charge in [0.1, 0.15) is 11.9 Å². The molecule has 1 heterocycles. The van der Waals surface area contributed by atoms with Crippen molar-refractivity contribution in [3.63, 3.8) is 0 Å². The third kappa shape index (κ3) is 7.73. The quantitative estimate of drug-likeness (QED) is 0.490. The lowest BCUT2D eigenvalue weighted by Crippen LogP contribution is -2.44. The smallest absolute Gasteiger partial charge is 0.241 e. The van der Waals surface area contributed by atoms with Crippen LogP contribution in [-0.2, 0) is 16.1 Å². The SMILES string of the molecule is Cc1ccc(CN=C(NCC(=O)N(C)C)NCC2CCCCC2)c(OC2CCOC2)c1. The van der Waals surface area contributed by atoms with E-state index in [9.17, 15) is 4.79 Å². The molecule has 2 fully saturated rings. The first-order valence-electron chi connectivity index (χ1n) is 11.6. The van der Waals surface area contributed by atoms with Crippen molar-refractivity contribution in [3.05, 3.63) is 29.3 Å². The van der Waals surface area contributed by atoms with Gasteiger partial charge in [0, 0.05) is 32.6 Å². The molecule has 0 radical (unpaired) electrons. The largest absolute Gasteiger partial charge is 0.488 e. The molecular weight excluding hydrogens is 392 g/mol. The van der Waals surface area contributed by atoms with Crippen molar-refractivity contribution in [3.8, 4) is 5.75 Å². The highest BCUT2D eigenvalue weighted by molar-refractivity contribution is 5.86. The summed E-state index contributed by atoms with van der Waals surface area (Å²) in [6, 6.07) is 6.23. The van der Waals surface area contributed by atoms with Crippen LogP contribution in [0, 0.1) is 12.8 Å². The van der Waals surface area contributed by atoms with E-state index >= 15 is 0 Å². The molecule has 1 unspecified atom stereocenters. The van der Waals surface area contributed by atoms with Gasteiger partial charge in [0.15, 0.2) is 5.96 Å². The molecule has 2 aliphatic rings. The summed E-state index contributed by atoms with van der Waals surface area (Å²) in [7, 11) is 3.53. The van der Waals surface area contributed by atoms with Crippen molar-refractivity contribution in [2.24, 2.45) is 10.9 Å². The molecule has 1 amide bonds. The summed E-state index contributed by atoms with van der Waals surface area (Å²) in [4.78, 5) is 18.4. The summed E-state index contributed by atoms with van der Waals surface area (Å²) in [5, 5.41) is 6.67. The Balaban J connectivity index is 1.66. The zero-order valence-corrected chi connectivity index (χ0v) is 19.3. The van der Waals surface area contributed by atoms with Crippen molar-refractivity contribution in [2.75, 3.05) is 40.4 Å². The van der Waals surface area contributed by atoms with Crippen LogP contribution in [0.5, 0.6) is 5.75 Å². The summed E-state index contributed by atoms with van der Waals surface area (Å²) in [6.07, 6.45) is 7.49. The number of guanidine groups is 1. The number of benzene rings is 1. The van der Waals surface area contributed by atoms with E-state index in [-0.39, 0.29) is 18.6 Å². The van der Waals surface area contributed by atoms with Gasteiger partial charge in [-0.15, -0.1) is 0 Å². The van der Waals surface area contributed by atoms with Gasteiger partial charge in [0.25, 0.3) is 0 Å². The van der Waals surface area contributed by atoms with Crippen LogP contribution in [0.15, 0.2) is 23.2 Å². The number of amides is 1. The van der Waals surface area contributed by atoms with Crippen molar-refractivity contribution in [1.82, 2.24) is 15.5 Å². The number of nitrogens with zero attached hydrogens (tertiary/aromatic N) is 2. The zero-order valence-electron chi connectivity index (χ0n) is 19.3. The summed E-state index contributed by atoms with van der Waals surface area (Å²) in [5.74, 6) is 2.24. The van der Waals surface area contributed by atoms with Crippen LogP contribution in [0.3, 0.4) is 0 Å². The van der Waals surface area contributed by atoms with E-state index in [0.29, 0.717) is 25.0 Å². The maximum absolute atomic E-state index is 12.1. The maximum Gasteiger partial charge on any atom is 0.241 e. The molecule has 1 aliphatic heterocycles. The second-order valence-electron chi connectivity index (χ2n) is 8.91. The highest BCUT2D eigenvalue weighted by atomic mass is 16.5. The number of hydrogen-bond acceptors (Lipinski definition) is 4. The molecule has 0 bridgehead atoms. The fourth-order valence-corrected chi connectivity index (χ4v) is 3.98. The van der Waals surface area contributed by atoms with Crippen LogP contribution >= 0.6 is 0 Å². The molecule has 2 N–H and O–H groups in total. The summed E-state index contributed by atoms with van der Waals surface area (Å²) in [6.45, 7) is 5.05. The van der Waals surface area contributed by atoms with Crippen molar-refractivity contribution in [1.29, 1.82) is 0 Å². The lowest BCUT2D eigenvalue weighted by atomic mass is 9.89. The number of nitrogens with one attached hydrogen (secondary N) is 2. The molecule has 1 saturated carbocycles. The molecule has 3 rings (SSSR count). The number of rotatable bonds is 8. The number of carbonyl (C=O) groups excluding carboxylic acids is 1. The molecule has 0 spiro atoms. The minimum Gasteiger partial charge on any atom is -0.488 e. The molecule has 1 aromatic rings. The van der Waals surface area contributed by atoms with Crippen LogP contribution in [0.1, 0.15) is 49.7 Å². The molecule has 0 aromatic heterocycles. The van der Waals surface area contributed by atoms with Gasteiger partial charge in [0.2, 0.25) is 5.91 Å². The van der Waals surface area contributed by atoms with E-state index in [4.69, 9.17) is 14.5 Å². The maximum atomic E-state index is 12.1. The first-order valence-corrected chi connectivity index (χ1v) is 11.6. The van der Waals surface area contributed by atoms with E-state index < -0.39 is 0 Å². The van der Waals surface area contributed by atoms with E-state index in [2.05, 4.69) is 35.8 Å². The van der Waals surface area contributed by atoms with Gasteiger partial charge >= 0.3 is 0 Å². The highest BCUT2D eigenvalue weighted by Crippen LogP contribution is 2.25. The molecular formula is C24H38N4O3. The van der Waals surface area contributed by atoms with Gasteiger partial charge in [-0.3, -0.25) is 4.79 Å². The van der Waals surface area contributed by atoms with E-state index in [0.717, 1.165) is 36.4 Å². The monoisotopic (exact) mass is 430 g/mol. The number of aryl methyl sites for hydroxylation is 1. The average molecular weight is 431 g/mol. The Kier molecular flexibility index (Phi) is 9.00. The minimum atomic E-state index is 0.0211. The summed E-state index contributed by atoms with van der Waals surface area (Å²) >= 11 is 0. The Hall–Kier alpha value is -2.28. The number of carbonyl (C=O) groups is 1. The first kappa shape index (κ1) is 23.4. The Morgan fingerprint density at radius 2 is 2.00 bits per heavy atom. The van der Waals surface area contributed by atoms with Crippen LogP contribution in [0.2, 0.25) is 0 Å². The Morgan fingerprint density at radius 1 is 1.19 bits per heavy atom. The molecule has 31 heavy (non-hydrogen) atoms. The van der Waals surface area contributed by atoms with Gasteiger partial charge in [-0.05, 0) is 37.3 Å². The lowest BCUT2D eigenvalue weighted by molar-refractivity contribution is -0.127. The van der Waals surface area contributed by atoms with Crippen molar-refractivity contribution < 1.29 is 14.3 Å². The average Bonchev–Trinajstić information content (AvgIpc) is 3.27. The minimum absolute atomic E-state index is 0.0211. The molecule has 1 saturated heterocycles. The fourth-order valence-electron chi connectivity index (χ4n) is 3.98. The van der Waals surface area contributed by atoms with E-state index in [1.807, 2.05) is 0 Å². The molecule has 1 aromatic carbocycles.